The summed E-state index contributed by atoms with van der Waals surface area (Å²) in [5, 5.41) is 2.43. The van der Waals surface area contributed by atoms with E-state index in [1.165, 1.54) is 33.0 Å². The van der Waals surface area contributed by atoms with Crippen LogP contribution in [0.5, 0.6) is 0 Å². The topological polar surface area (TPSA) is 17.2 Å². The molecule has 0 aliphatic rings. The molecule has 7 aromatic carbocycles. The number of benzene rings is 7. The molecule has 0 unspecified atom stereocenters. The average Bonchev–Trinajstić information content (AvgIpc) is 3.18. The van der Waals surface area contributed by atoms with Gasteiger partial charge in [0.15, 0.2) is 5.69 Å². The molecule has 0 aliphatic heterocycles. The van der Waals surface area contributed by atoms with Crippen molar-refractivity contribution in [3.63, 3.8) is 0 Å². The van der Waals surface area contributed by atoms with Gasteiger partial charge in [-0.3, -0.25) is 0 Å². The summed E-state index contributed by atoms with van der Waals surface area (Å²) in [5.74, 6) is 0. The monoisotopic (exact) mass is 610 g/mol. The van der Waals surface area contributed by atoms with E-state index in [-0.39, 0.29) is 0 Å². The molecule has 2 nitrogen and oxygen atoms in total. The fourth-order valence-corrected chi connectivity index (χ4v) is 6.45. The third kappa shape index (κ3) is 5.66. The lowest BCUT2D eigenvalue weighted by atomic mass is 9.91. The van der Waals surface area contributed by atoms with Crippen molar-refractivity contribution in [3.8, 4) is 67.0 Å². The second kappa shape index (κ2) is 12.7. The van der Waals surface area contributed by atoms with Crippen LogP contribution in [0.3, 0.4) is 0 Å². The van der Waals surface area contributed by atoms with Crippen LogP contribution in [0.4, 0.5) is 5.69 Å². The number of hydrogen-bond acceptors (Lipinski definition) is 1. The quantitative estimate of drug-likeness (QED) is 0.171. The fourth-order valence-electron chi connectivity index (χ4n) is 6.45. The molecule has 0 bridgehead atoms. The zero-order valence-corrected chi connectivity index (χ0v) is 26.2. The fraction of sp³-hybridized carbons (Fsp3) is 0. The minimum atomic E-state index is 0.653. The summed E-state index contributed by atoms with van der Waals surface area (Å²) in [6, 6.07) is 63.6. The van der Waals surface area contributed by atoms with Crippen molar-refractivity contribution < 1.29 is 0 Å². The highest BCUT2D eigenvalue weighted by Gasteiger charge is 2.12. The van der Waals surface area contributed by atoms with Gasteiger partial charge in [0.2, 0.25) is 0 Å². The molecule has 0 amide bonds. The minimum Gasteiger partial charge on any atom is -0.248 e. The Hall–Kier alpha value is -6.56. The van der Waals surface area contributed by atoms with E-state index < -0.39 is 0 Å². The van der Waals surface area contributed by atoms with E-state index in [9.17, 15) is 0 Å². The zero-order chi connectivity index (χ0) is 32.3. The van der Waals surface area contributed by atoms with Crippen LogP contribution >= 0.6 is 0 Å². The zero-order valence-electron chi connectivity index (χ0n) is 26.2. The molecule has 48 heavy (non-hydrogen) atoms. The third-order valence-corrected chi connectivity index (χ3v) is 8.92. The van der Waals surface area contributed by atoms with Gasteiger partial charge in [-0.1, -0.05) is 164 Å². The van der Waals surface area contributed by atoms with Crippen LogP contribution < -0.4 is 0 Å². The Labute approximate surface area is 281 Å². The maximum atomic E-state index is 7.35. The predicted octanol–water partition coefficient (Wildman–Crippen LogP) is 12.8. The van der Waals surface area contributed by atoms with E-state index in [2.05, 4.69) is 157 Å². The van der Waals surface area contributed by atoms with Crippen LogP contribution in [0.15, 0.2) is 182 Å². The maximum absolute atomic E-state index is 7.35. The first kappa shape index (κ1) is 28.9. The SMILES string of the molecule is [C-]#[N+]c1cccc(-c2ccc(-c3ccc(-c4ccc(-c5cc(-c6ccccc6)cc(-c6ccccc6)n5)cc4)c4ccccc34)cc2)c1. The van der Waals surface area contributed by atoms with Crippen molar-refractivity contribution in [1.29, 1.82) is 0 Å². The molecule has 8 rings (SSSR count). The van der Waals surface area contributed by atoms with Crippen molar-refractivity contribution in [2.45, 2.75) is 0 Å². The Morgan fingerprint density at radius 1 is 0.333 bits per heavy atom. The summed E-state index contributed by atoms with van der Waals surface area (Å²) in [5.41, 5.74) is 13.9. The van der Waals surface area contributed by atoms with E-state index in [4.69, 9.17) is 11.6 Å². The number of nitrogens with zero attached hydrogens (tertiary/aromatic N) is 2. The summed E-state index contributed by atoms with van der Waals surface area (Å²) < 4.78 is 0. The Morgan fingerprint density at radius 2 is 0.771 bits per heavy atom. The predicted molar refractivity (Wildman–Crippen MR) is 201 cm³/mol. The molecule has 0 N–H and O–H groups in total. The molecule has 0 atom stereocenters. The van der Waals surface area contributed by atoms with Gasteiger partial charge < -0.3 is 0 Å². The maximum Gasteiger partial charge on any atom is 0.187 e. The van der Waals surface area contributed by atoms with Crippen LogP contribution in [0, 0.1) is 6.57 Å². The van der Waals surface area contributed by atoms with E-state index in [0.717, 1.165) is 44.8 Å². The van der Waals surface area contributed by atoms with Gasteiger partial charge in [-0.15, -0.1) is 0 Å². The summed E-state index contributed by atoms with van der Waals surface area (Å²) in [7, 11) is 0. The summed E-state index contributed by atoms with van der Waals surface area (Å²) >= 11 is 0. The number of fused-ring (bicyclic) bond motifs is 1. The molecular weight excluding hydrogens is 581 g/mol. The molecule has 0 saturated carbocycles. The van der Waals surface area contributed by atoms with E-state index in [1.54, 1.807) is 0 Å². The smallest absolute Gasteiger partial charge is 0.187 e. The van der Waals surface area contributed by atoms with Gasteiger partial charge in [-0.25, -0.2) is 9.83 Å². The van der Waals surface area contributed by atoms with Crippen molar-refractivity contribution in [2.75, 3.05) is 0 Å². The number of hydrogen-bond donors (Lipinski definition) is 0. The van der Waals surface area contributed by atoms with Crippen molar-refractivity contribution in [3.05, 3.63) is 193 Å². The van der Waals surface area contributed by atoms with E-state index in [1.807, 2.05) is 30.3 Å². The minimum absolute atomic E-state index is 0.653. The van der Waals surface area contributed by atoms with E-state index >= 15 is 0 Å². The van der Waals surface area contributed by atoms with Crippen LogP contribution in [-0.2, 0) is 0 Å². The molecule has 0 aliphatic carbocycles. The molecule has 0 fully saturated rings. The Balaban J connectivity index is 1.15. The second-order valence-corrected chi connectivity index (χ2v) is 11.9. The summed E-state index contributed by atoms with van der Waals surface area (Å²) in [6.45, 7) is 7.35. The van der Waals surface area contributed by atoms with Gasteiger partial charge in [-0.2, -0.15) is 0 Å². The largest absolute Gasteiger partial charge is 0.248 e. The van der Waals surface area contributed by atoms with Gasteiger partial charge in [-0.05, 0) is 73.5 Å². The van der Waals surface area contributed by atoms with Crippen molar-refractivity contribution >= 4 is 16.5 Å². The number of rotatable bonds is 6. The molecule has 0 spiro atoms. The third-order valence-electron chi connectivity index (χ3n) is 8.92. The average molecular weight is 611 g/mol. The lowest BCUT2D eigenvalue weighted by Crippen LogP contribution is -1.91. The first-order valence-electron chi connectivity index (χ1n) is 16.1. The first-order valence-corrected chi connectivity index (χ1v) is 16.1. The standard InChI is InChI=1S/C46H30N2/c1-47-40-16-10-15-38(29-40)33-19-21-34(22-20-33)41-27-28-42(44-18-9-8-17-43(41)44)35-23-25-37(26-24-35)46-31-39(32-11-4-2-5-12-32)30-45(48-46)36-13-6-3-7-14-36/h2-31H. The van der Waals surface area contributed by atoms with Crippen molar-refractivity contribution in [2.24, 2.45) is 0 Å². The lowest BCUT2D eigenvalue weighted by Gasteiger charge is -2.14. The van der Waals surface area contributed by atoms with Crippen LogP contribution in [0.25, 0.3) is 82.6 Å². The molecule has 224 valence electrons. The van der Waals surface area contributed by atoms with Gasteiger partial charge in [0.05, 0.1) is 18.0 Å². The molecule has 0 saturated heterocycles. The summed E-state index contributed by atoms with van der Waals surface area (Å²) in [6.07, 6.45) is 0. The van der Waals surface area contributed by atoms with Crippen LogP contribution in [0.2, 0.25) is 0 Å². The van der Waals surface area contributed by atoms with Crippen LogP contribution in [0.1, 0.15) is 0 Å². The molecule has 2 heteroatoms. The normalized spacial score (nSPS) is 10.9. The van der Waals surface area contributed by atoms with Gasteiger partial charge in [0, 0.05) is 11.1 Å². The van der Waals surface area contributed by atoms with Gasteiger partial charge in [0.25, 0.3) is 0 Å². The molecule has 8 aromatic rings. The van der Waals surface area contributed by atoms with Gasteiger partial charge in [0.1, 0.15) is 0 Å². The molecule has 0 radical (unpaired) electrons. The number of aromatic nitrogens is 1. The van der Waals surface area contributed by atoms with Gasteiger partial charge >= 0.3 is 0 Å². The highest BCUT2D eigenvalue weighted by Crippen LogP contribution is 2.38. The summed E-state index contributed by atoms with van der Waals surface area (Å²) in [4.78, 5) is 8.70. The first-order chi connectivity index (χ1) is 23.7. The molecule has 1 heterocycles. The highest BCUT2D eigenvalue weighted by molar-refractivity contribution is 6.05. The number of pyridine rings is 1. The molecular formula is C46H30N2. The Bertz CT molecular complexity index is 2360. The highest BCUT2D eigenvalue weighted by atomic mass is 14.7. The van der Waals surface area contributed by atoms with Crippen LogP contribution in [-0.4, -0.2) is 4.98 Å². The lowest BCUT2D eigenvalue weighted by molar-refractivity contribution is 1.32. The van der Waals surface area contributed by atoms with E-state index in [0.29, 0.717) is 5.69 Å². The molecule has 1 aromatic heterocycles. The Kier molecular flexibility index (Phi) is 7.63. The van der Waals surface area contributed by atoms with Crippen molar-refractivity contribution in [1.82, 2.24) is 4.98 Å². The second-order valence-electron chi connectivity index (χ2n) is 11.9. The Morgan fingerprint density at radius 3 is 1.33 bits per heavy atom.